The first-order valence-corrected chi connectivity index (χ1v) is 7.56. The van der Waals surface area contributed by atoms with Crippen molar-refractivity contribution in [1.82, 2.24) is 15.0 Å². The lowest BCUT2D eigenvalue weighted by Gasteiger charge is -2.14. The molecule has 21 heavy (non-hydrogen) atoms. The summed E-state index contributed by atoms with van der Waals surface area (Å²) >= 11 is 0. The van der Waals surface area contributed by atoms with E-state index < -0.39 is 0 Å². The Balaban J connectivity index is 1.98. The lowest BCUT2D eigenvalue weighted by atomic mass is 10.2. The number of pyridine rings is 1. The lowest BCUT2D eigenvalue weighted by Crippen LogP contribution is -2.12. The predicted molar refractivity (Wildman–Crippen MR) is 86.6 cm³/mol. The molecule has 0 saturated heterocycles. The van der Waals surface area contributed by atoms with E-state index in [-0.39, 0.29) is 0 Å². The van der Waals surface area contributed by atoms with Gasteiger partial charge in [0.05, 0.1) is 0 Å². The van der Waals surface area contributed by atoms with E-state index in [4.69, 9.17) is 0 Å². The van der Waals surface area contributed by atoms with Crippen LogP contribution in [0.5, 0.6) is 0 Å². The molecule has 5 heteroatoms. The highest BCUT2D eigenvalue weighted by atomic mass is 15.1. The van der Waals surface area contributed by atoms with E-state index in [1.165, 1.54) is 0 Å². The molecule has 5 nitrogen and oxygen atoms in total. The molecule has 0 aliphatic carbocycles. The Kier molecular flexibility index (Phi) is 5.94. The second kappa shape index (κ2) is 8.19. The molecule has 0 saturated carbocycles. The number of hydrogen-bond acceptors (Lipinski definition) is 5. The summed E-state index contributed by atoms with van der Waals surface area (Å²) in [4.78, 5) is 13.0. The van der Waals surface area contributed by atoms with Crippen LogP contribution in [-0.4, -0.2) is 28.0 Å². The number of nitrogens with zero attached hydrogens (tertiary/aromatic N) is 3. The zero-order valence-electron chi connectivity index (χ0n) is 12.8. The van der Waals surface area contributed by atoms with Gasteiger partial charge in [0, 0.05) is 37.0 Å². The van der Waals surface area contributed by atoms with Gasteiger partial charge in [0.15, 0.2) is 0 Å². The zero-order valence-corrected chi connectivity index (χ0v) is 12.8. The molecule has 0 aliphatic rings. The third-order valence-electron chi connectivity index (χ3n) is 3.24. The topological polar surface area (TPSA) is 62.7 Å². The van der Waals surface area contributed by atoms with Crippen LogP contribution in [0.1, 0.15) is 31.5 Å². The number of rotatable bonds is 8. The first-order valence-electron chi connectivity index (χ1n) is 7.56. The van der Waals surface area contributed by atoms with Crippen molar-refractivity contribution in [3.05, 3.63) is 42.0 Å². The normalized spacial score (nSPS) is 10.4. The van der Waals surface area contributed by atoms with Gasteiger partial charge in [-0.3, -0.25) is 4.98 Å². The Morgan fingerprint density at radius 2 is 1.71 bits per heavy atom. The molecular weight excluding hydrogens is 262 g/mol. The van der Waals surface area contributed by atoms with Crippen molar-refractivity contribution in [2.24, 2.45) is 0 Å². The zero-order chi connectivity index (χ0) is 14.9. The smallest absolute Gasteiger partial charge is 0.134 e. The average molecular weight is 285 g/mol. The highest BCUT2D eigenvalue weighted by Gasteiger charge is 2.08. The predicted octanol–water partition coefficient (Wildman–Crippen LogP) is 2.91. The van der Waals surface area contributed by atoms with E-state index in [2.05, 4.69) is 39.4 Å². The lowest BCUT2D eigenvalue weighted by molar-refractivity contribution is 0.926. The molecule has 0 aliphatic heterocycles. The Labute approximate surface area is 126 Å². The Hall–Kier alpha value is -2.17. The van der Waals surface area contributed by atoms with E-state index in [1.807, 2.05) is 24.4 Å². The van der Waals surface area contributed by atoms with Gasteiger partial charge >= 0.3 is 0 Å². The Morgan fingerprint density at radius 3 is 2.33 bits per heavy atom. The van der Waals surface area contributed by atoms with Crippen molar-refractivity contribution in [2.45, 2.75) is 33.1 Å². The van der Waals surface area contributed by atoms with Crippen LogP contribution in [0.4, 0.5) is 11.6 Å². The molecule has 0 radical (unpaired) electrons. The van der Waals surface area contributed by atoms with Crippen LogP contribution >= 0.6 is 0 Å². The van der Waals surface area contributed by atoms with E-state index in [9.17, 15) is 0 Å². The number of aromatic nitrogens is 3. The van der Waals surface area contributed by atoms with E-state index in [0.717, 1.165) is 55.2 Å². The minimum absolute atomic E-state index is 0.814. The van der Waals surface area contributed by atoms with E-state index in [1.54, 1.807) is 6.33 Å². The first-order chi connectivity index (χ1) is 10.3. The Morgan fingerprint density at radius 1 is 0.952 bits per heavy atom. The quantitative estimate of drug-likeness (QED) is 0.781. The second-order valence-corrected chi connectivity index (χ2v) is 4.83. The summed E-state index contributed by atoms with van der Waals surface area (Å²) in [5, 5.41) is 6.76. The molecule has 0 spiro atoms. The van der Waals surface area contributed by atoms with Gasteiger partial charge < -0.3 is 10.6 Å². The molecule has 0 atom stereocenters. The maximum Gasteiger partial charge on any atom is 0.134 e. The number of anilines is 2. The highest BCUT2D eigenvalue weighted by Crippen LogP contribution is 2.20. The van der Waals surface area contributed by atoms with Gasteiger partial charge in [-0.1, -0.05) is 19.9 Å². The molecule has 0 aromatic carbocycles. The fourth-order valence-corrected chi connectivity index (χ4v) is 2.15. The van der Waals surface area contributed by atoms with Gasteiger partial charge in [0.2, 0.25) is 0 Å². The van der Waals surface area contributed by atoms with Crippen LogP contribution in [0, 0.1) is 0 Å². The summed E-state index contributed by atoms with van der Waals surface area (Å²) in [5.74, 6) is 1.86. The fourth-order valence-electron chi connectivity index (χ4n) is 2.15. The van der Waals surface area contributed by atoms with Crippen LogP contribution in [0.2, 0.25) is 0 Å². The molecule has 112 valence electrons. The summed E-state index contributed by atoms with van der Waals surface area (Å²) in [6.07, 6.45) is 6.30. The largest absolute Gasteiger partial charge is 0.370 e. The van der Waals surface area contributed by atoms with Crippen molar-refractivity contribution in [1.29, 1.82) is 0 Å². The van der Waals surface area contributed by atoms with Crippen LogP contribution in [-0.2, 0) is 12.8 Å². The summed E-state index contributed by atoms with van der Waals surface area (Å²) in [6, 6.07) is 5.98. The van der Waals surface area contributed by atoms with Gasteiger partial charge in [0.25, 0.3) is 0 Å². The van der Waals surface area contributed by atoms with Crippen molar-refractivity contribution < 1.29 is 0 Å². The van der Waals surface area contributed by atoms with Gasteiger partial charge in [0.1, 0.15) is 18.0 Å². The Bertz CT molecular complexity index is 542. The maximum atomic E-state index is 4.37. The van der Waals surface area contributed by atoms with Crippen molar-refractivity contribution in [3.63, 3.8) is 0 Å². The molecule has 2 heterocycles. The first kappa shape index (κ1) is 15.2. The molecule has 0 amide bonds. The average Bonchev–Trinajstić information content (AvgIpc) is 2.54. The standard InChI is InChI=1S/C16H23N5/c1-3-9-18-15-14(4-2)16(21-12-20-15)19-11-8-13-7-5-6-10-17-13/h5-7,10,12H,3-4,8-9,11H2,1-2H3,(H2,18,19,20,21). The molecule has 2 N–H and O–H groups in total. The van der Waals surface area contributed by atoms with Crippen LogP contribution in [0.15, 0.2) is 30.7 Å². The molecule has 2 aromatic rings. The highest BCUT2D eigenvalue weighted by molar-refractivity contribution is 5.57. The van der Waals surface area contributed by atoms with Crippen LogP contribution < -0.4 is 10.6 Å². The minimum Gasteiger partial charge on any atom is -0.370 e. The summed E-state index contributed by atoms with van der Waals surface area (Å²) in [7, 11) is 0. The van der Waals surface area contributed by atoms with Gasteiger partial charge in [-0.2, -0.15) is 0 Å². The van der Waals surface area contributed by atoms with Crippen molar-refractivity contribution in [2.75, 3.05) is 23.7 Å². The van der Waals surface area contributed by atoms with Crippen molar-refractivity contribution >= 4 is 11.6 Å². The maximum absolute atomic E-state index is 4.37. The van der Waals surface area contributed by atoms with Crippen LogP contribution in [0.3, 0.4) is 0 Å². The number of nitrogens with one attached hydrogen (secondary N) is 2. The number of hydrogen-bond donors (Lipinski definition) is 2. The summed E-state index contributed by atoms with van der Waals surface area (Å²) < 4.78 is 0. The van der Waals surface area contributed by atoms with Crippen molar-refractivity contribution in [3.8, 4) is 0 Å². The molecule has 2 aromatic heterocycles. The monoisotopic (exact) mass is 285 g/mol. The molecule has 0 unspecified atom stereocenters. The van der Waals surface area contributed by atoms with Gasteiger partial charge in [-0.15, -0.1) is 0 Å². The molecule has 0 fully saturated rings. The third kappa shape index (κ3) is 4.41. The summed E-state index contributed by atoms with van der Waals surface area (Å²) in [5.41, 5.74) is 2.23. The van der Waals surface area contributed by atoms with E-state index in [0.29, 0.717) is 0 Å². The molecule has 0 bridgehead atoms. The fraction of sp³-hybridized carbons (Fsp3) is 0.438. The summed E-state index contributed by atoms with van der Waals surface area (Å²) in [6.45, 7) is 6.01. The van der Waals surface area contributed by atoms with E-state index >= 15 is 0 Å². The van der Waals surface area contributed by atoms with Gasteiger partial charge in [-0.25, -0.2) is 9.97 Å². The second-order valence-electron chi connectivity index (χ2n) is 4.83. The SMILES string of the molecule is CCCNc1ncnc(NCCc2ccccn2)c1CC. The minimum atomic E-state index is 0.814. The third-order valence-corrected chi connectivity index (χ3v) is 3.24. The van der Waals surface area contributed by atoms with Crippen LogP contribution in [0.25, 0.3) is 0 Å². The molecular formula is C16H23N5. The van der Waals surface area contributed by atoms with Gasteiger partial charge in [-0.05, 0) is 25.0 Å². The molecule has 2 rings (SSSR count).